The highest BCUT2D eigenvalue weighted by atomic mass is 32.1. The van der Waals surface area contributed by atoms with Gasteiger partial charge >= 0.3 is 0 Å². The minimum Gasteiger partial charge on any atom is -0.396 e. The first-order valence-electron chi connectivity index (χ1n) is 4.73. The quantitative estimate of drug-likeness (QED) is 0.603. The molecule has 1 aliphatic rings. The zero-order valence-corrected chi connectivity index (χ0v) is 8.56. The van der Waals surface area contributed by atoms with E-state index < -0.39 is 0 Å². The van der Waals surface area contributed by atoms with Crippen molar-refractivity contribution < 1.29 is 5.11 Å². The first-order valence-corrected chi connectivity index (χ1v) is 5.17. The van der Waals surface area contributed by atoms with Crippen molar-refractivity contribution in [1.82, 2.24) is 0 Å². The van der Waals surface area contributed by atoms with Gasteiger partial charge in [-0.1, -0.05) is 13.0 Å². The van der Waals surface area contributed by atoms with E-state index in [1.807, 2.05) is 0 Å². The maximum Gasteiger partial charge on any atom is 0.0461 e. The molecular weight excluding hydrogens is 168 g/mol. The summed E-state index contributed by atoms with van der Waals surface area (Å²) in [4.78, 5) is 1.19. The second-order valence-electron chi connectivity index (χ2n) is 3.73. The van der Waals surface area contributed by atoms with E-state index in [2.05, 4.69) is 25.6 Å². The lowest BCUT2D eigenvalue weighted by Gasteiger charge is -2.23. The molecule has 1 rings (SSSR count). The predicted molar refractivity (Wildman–Crippen MR) is 55.3 cm³/mol. The smallest absolute Gasteiger partial charge is 0.0461 e. The van der Waals surface area contributed by atoms with Gasteiger partial charge in [-0.15, -0.1) is 12.6 Å². The Labute approximate surface area is 80.3 Å². The number of aliphatic hydroxyl groups excluding tert-OH is 1. The van der Waals surface area contributed by atoms with Crippen molar-refractivity contribution in [3.8, 4) is 0 Å². The molecule has 0 fully saturated rings. The molecule has 0 aromatic rings. The summed E-state index contributed by atoms with van der Waals surface area (Å²) >= 11 is 4.37. The van der Waals surface area contributed by atoms with E-state index in [1.54, 1.807) is 0 Å². The van der Waals surface area contributed by atoms with Gasteiger partial charge in [0.25, 0.3) is 0 Å². The molecule has 0 aromatic heterocycles. The molecule has 2 heteroatoms. The predicted octanol–water partition coefficient (Wildman–Crippen LogP) is 2.62. The second-order valence-corrected chi connectivity index (χ2v) is 4.31. The third kappa shape index (κ3) is 2.83. The number of aliphatic hydroxyl groups is 1. The van der Waals surface area contributed by atoms with Crippen LogP contribution in [0.15, 0.2) is 11.0 Å². The normalized spacial score (nSPS) is 36.4. The molecule has 0 radical (unpaired) electrons. The molecule has 0 aromatic carbocycles. The van der Waals surface area contributed by atoms with Crippen molar-refractivity contribution in [3.05, 3.63) is 11.0 Å². The Balaban J connectivity index is 2.51. The monoisotopic (exact) mass is 186 g/mol. The SMILES string of the molecule is CC1CC/C=C(/S)CCC1CO. The summed E-state index contributed by atoms with van der Waals surface area (Å²) in [6.07, 6.45) is 6.66. The van der Waals surface area contributed by atoms with Gasteiger partial charge in [-0.3, -0.25) is 0 Å². The summed E-state index contributed by atoms with van der Waals surface area (Å²) in [5.74, 6) is 1.15. The van der Waals surface area contributed by atoms with Crippen molar-refractivity contribution in [2.24, 2.45) is 11.8 Å². The Morgan fingerprint density at radius 2 is 2.33 bits per heavy atom. The van der Waals surface area contributed by atoms with E-state index in [-0.39, 0.29) is 0 Å². The van der Waals surface area contributed by atoms with Gasteiger partial charge in [0.1, 0.15) is 0 Å². The van der Waals surface area contributed by atoms with Gasteiger partial charge in [0, 0.05) is 6.61 Å². The fraction of sp³-hybridized carbons (Fsp3) is 0.800. The zero-order valence-electron chi connectivity index (χ0n) is 7.66. The molecule has 0 bridgehead atoms. The zero-order chi connectivity index (χ0) is 8.97. The van der Waals surface area contributed by atoms with Crippen molar-refractivity contribution in [2.75, 3.05) is 6.61 Å². The molecule has 1 N–H and O–H groups in total. The van der Waals surface area contributed by atoms with Gasteiger partial charge in [-0.25, -0.2) is 0 Å². The molecule has 2 unspecified atom stereocenters. The lowest BCUT2D eigenvalue weighted by Crippen LogP contribution is -2.17. The highest BCUT2D eigenvalue weighted by Gasteiger charge is 2.17. The molecule has 1 nitrogen and oxygen atoms in total. The first kappa shape index (κ1) is 10.1. The molecule has 0 aliphatic heterocycles. The van der Waals surface area contributed by atoms with Gasteiger partial charge in [-0.05, 0) is 42.4 Å². The largest absolute Gasteiger partial charge is 0.396 e. The van der Waals surface area contributed by atoms with E-state index in [0.29, 0.717) is 18.4 Å². The summed E-state index contributed by atoms with van der Waals surface area (Å²) in [5, 5.41) is 9.12. The van der Waals surface area contributed by atoms with Gasteiger partial charge in [-0.2, -0.15) is 0 Å². The summed E-state index contributed by atoms with van der Waals surface area (Å²) in [7, 11) is 0. The second kappa shape index (κ2) is 4.93. The first-order chi connectivity index (χ1) is 5.74. The molecule has 0 saturated heterocycles. The lowest BCUT2D eigenvalue weighted by atomic mass is 9.85. The number of rotatable bonds is 1. The summed E-state index contributed by atoms with van der Waals surface area (Å²) in [5.41, 5.74) is 0. The van der Waals surface area contributed by atoms with Crippen LogP contribution in [0, 0.1) is 11.8 Å². The van der Waals surface area contributed by atoms with Crippen LogP contribution in [0.3, 0.4) is 0 Å². The number of hydrogen-bond donors (Lipinski definition) is 2. The molecule has 1 aliphatic carbocycles. The Morgan fingerprint density at radius 1 is 1.58 bits per heavy atom. The average molecular weight is 186 g/mol. The van der Waals surface area contributed by atoms with Crippen LogP contribution in [-0.4, -0.2) is 11.7 Å². The maximum atomic E-state index is 9.12. The molecule has 2 atom stereocenters. The highest BCUT2D eigenvalue weighted by molar-refractivity contribution is 7.84. The molecule has 12 heavy (non-hydrogen) atoms. The van der Waals surface area contributed by atoms with Crippen molar-refractivity contribution in [1.29, 1.82) is 0 Å². The summed E-state index contributed by atoms with van der Waals surface area (Å²) < 4.78 is 0. The summed E-state index contributed by atoms with van der Waals surface area (Å²) in [6.45, 7) is 2.57. The van der Waals surface area contributed by atoms with Gasteiger partial charge < -0.3 is 5.11 Å². The number of allylic oxidation sites excluding steroid dienone is 2. The van der Waals surface area contributed by atoms with E-state index >= 15 is 0 Å². The minimum absolute atomic E-state index is 0.336. The van der Waals surface area contributed by atoms with Crippen LogP contribution >= 0.6 is 12.6 Å². The number of hydrogen-bond acceptors (Lipinski definition) is 2. The summed E-state index contributed by atoms with van der Waals surface area (Å²) in [6, 6.07) is 0. The van der Waals surface area contributed by atoms with Gasteiger partial charge in [0.05, 0.1) is 0 Å². The molecular formula is C10H18OS. The highest BCUT2D eigenvalue weighted by Crippen LogP contribution is 2.27. The van der Waals surface area contributed by atoms with Crippen LogP contribution in [0.25, 0.3) is 0 Å². The van der Waals surface area contributed by atoms with Crippen molar-refractivity contribution >= 4 is 12.6 Å². The standard InChI is InChI=1S/C10H18OS/c1-8-3-2-4-10(12)6-5-9(8)7-11/h4,8-9,11-12H,2-3,5-7H2,1H3/b10-4+. The van der Waals surface area contributed by atoms with Crippen LogP contribution in [0.5, 0.6) is 0 Å². The van der Waals surface area contributed by atoms with E-state index in [4.69, 9.17) is 5.11 Å². The van der Waals surface area contributed by atoms with E-state index in [9.17, 15) is 0 Å². The minimum atomic E-state index is 0.336. The Morgan fingerprint density at radius 3 is 3.00 bits per heavy atom. The fourth-order valence-electron chi connectivity index (χ4n) is 1.74. The maximum absolute atomic E-state index is 9.12. The molecule has 70 valence electrons. The van der Waals surface area contributed by atoms with Crippen LogP contribution in [0.2, 0.25) is 0 Å². The fourth-order valence-corrected chi connectivity index (χ4v) is 2.00. The lowest BCUT2D eigenvalue weighted by molar-refractivity contribution is 0.168. The number of thiol groups is 1. The van der Waals surface area contributed by atoms with Crippen molar-refractivity contribution in [2.45, 2.75) is 32.6 Å². The van der Waals surface area contributed by atoms with E-state index in [1.165, 1.54) is 11.3 Å². The Kier molecular flexibility index (Phi) is 4.16. The average Bonchev–Trinajstić information content (AvgIpc) is 2.03. The van der Waals surface area contributed by atoms with Crippen LogP contribution in [0.1, 0.15) is 32.6 Å². The third-order valence-corrected chi connectivity index (χ3v) is 3.22. The van der Waals surface area contributed by atoms with Crippen molar-refractivity contribution in [3.63, 3.8) is 0 Å². The Bertz CT molecular complexity index is 165. The van der Waals surface area contributed by atoms with Crippen LogP contribution in [-0.2, 0) is 0 Å². The molecule has 0 spiro atoms. The molecule has 0 saturated carbocycles. The van der Waals surface area contributed by atoms with E-state index in [0.717, 1.165) is 19.3 Å². The third-order valence-electron chi connectivity index (χ3n) is 2.81. The van der Waals surface area contributed by atoms with Gasteiger partial charge in [0.15, 0.2) is 0 Å². The topological polar surface area (TPSA) is 20.2 Å². The van der Waals surface area contributed by atoms with Crippen LogP contribution in [0.4, 0.5) is 0 Å². The Hall–Kier alpha value is 0.0500. The van der Waals surface area contributed by atoms with Crippen LogP contribution < -0.4 is 0 Å². The molecule has 0 amide bonds. The molecule has 0 heterocycles. The van der Waals surface area contributed by atoms with Gasteiger partial charge in [0.2, 0.25) is 0 Å².